The summed E-state index contributed by atoms with van der Waals surface area (Å²) < 4.78 is 22.0. The number of hydrogen-bond acceptors (Lipinski definition) is 5. The largest absolute Gasteiger partial charge is 0.479 e. The van der Waals surface area contributed by atoms with Crippen LogP contribution in [0.1, 0.15) is 60.8 Å². The fraction of sp³-hybridized carbons (Fsp3) is 0.423. The SMILES string of the molecule is Cc1cc(-n2c(C3CCOCC3)c([C@@H]3CC[C@@](O)(C(=O)O)C3)c3nc4[nH]ncc4cc32)ccc1F. The van der Waals surface area contributed by atoms with Crippen LogP contribution in [-0.4, -0.2) is 54.7 Å². The maximum absolute atomic E-state index is 14.2. The minimum absolute atomic E-state index is 0.128. The molecular formula is C26H27FN4O4. The first-order valence-corrected chi connectivity index (χ1v) is 12.0. The van der Waals surface area contributed by atoms with Crippen LogP contribution in [0.2, 0.25) is 0 Å². The molecule has 2 fully saturated rings. The van der Waals surface area contributed by atoms with Gasteiger partial charge in [-0.25, -0.2) is 14.2 Å². The Balaban J connectivity index is 1.67. The molecule has 1 aliphatic heterocycles. The lowest BCUT2D eigenvalue weighted by atomic mass is 9.86. The number of aromatic nitrogens is 4. The number of benzene rings is 1. The molecular weight excluding hydrogens is 451 g/mol. The van der Waals surface area contributed by atoms with Gasteiger partial charge in [0.15, 0.2) is 11.2 Å². The Kier molecular flexibility index (Phi) is 5.16. The van der Waals surface area contributed by atoms with Crippen molar-refractivity contribution >= 4 is 28.0 Å². The quantitative estimate of drug-likeness (QED) is 0.403. The number of pyridine rings is 1. The Morgan fingerprint density at radius 3 is 2.74 bits per heavy atom. The van der Waals surface area contributed by atoms with Gasteiger partial charge in [0.25, 0.3) is 0 Å². The number of aliphatic carboxylic acids is 1. The van der Waals surface area contributed by atoms with Gasteiger partial charge in [0.05, 0.1) is 17.2 Å². The lowest BCUT2D eigenvalue weighted by molar-refractivity contribution is -0.157. The van der Waals surface area contributed by atoms with Gasteiger partial charge in [0.1, 0.15) is 5.82 Å². The lowest BCUT2D eigenvalue weighted by Gasteiger charge is -2.27. The summed E-state index contributed by atoms with van der Waals surface area (Å²) in [5.74, 6) is -1.47. The van der Waals surface area contributed by atoms with E-state index in [1.807, 2.05) is 12.1 Å². The molecule has 1 saturated heterocycles. The molecule has 2 atom stereocenters. The van der Waals surface area contributed by atoms with Crippen LogP contribution in [0.25, 0.3) is 27.8 Å². The van der Waals surface area contributed by atoms with Gasteiger partial charge in [-0.15, -0.1) is 0 Å². The number of nitrogens with zero attached hydrogens (tertiary/aromatic N) is 3. The zero-order chi connectivity index (χ0) is 24.3. The van der Waals surface area contributed by atoms with Crippen LogP contribution in [0.15, 0.2) is 30.5 Å². The summed E-state index contributed by atoms with van der Waals surface area (Å²) in [7, 11) is 0. The molecule has 1 aliphatic carbocycles. The Morgan fingerprint density at radius 1 is 1.23 bits per heavy atom. The minimum Gasteiger partial charge on any atom is -0.479 e. The van der Waals surface area contributed by atoms with Crippen molar-refractivity contribution < 1.29 is 24.1 Å². The van der Waals surface area contributed by atoms with Crippen molar-refractivity contribution in [1.82, 2.24) is 19.7 Å². The minimum atomic E-state index is -1.75. The second-order valence-corrected chi connectivity index (χ2v) is 9.89. The summed E-state index contributed by atoms with van der Waals surface area (Å²) in [5.41, 5.74) is 3.94. The van der Waals surface area contributed by atoms with Crippen LogP contribution in [0.5, 0.6) is 0 Å². The first kappa shape index (κ1) is 22.2. The number of nitrogens with one attached hydrogen (secondary N) is 1. The fourth-order valence-electron chi connectivity index (χ4n) is 5.90. The van der Waals surface area contributed by atoms with E-state index < -0.39 is 11.6 Å². The van der Waals surface area contributed by atoms with Gasteiger partial charge in [-0.2, -0.15) is 5.10 Å². The average Bonchev–Trinajstić information content (AvgIpc) is 3.55. The van der Waals surface area contributed by atoms with Crippen molar-refractivity contribution in [2.24, 2.45) is 0 Å². The molecule has 3 N–H and O–H groups in total. The van der Waals surface area contributed by atoms with Gasteiger partial charge in [-0.05, 0) is 74.8 Å². The van der Waals surface area contributed by atoms with Gasteiger partial charge in [-0.1, -0.05) is 0 Å². The Hall–Kier alpha value is -3.30. The number of aryl methyl sites for hydroxylation is 1. The van der Waals surface area contributed by atoms with Gasteiger partial charge >= 0.3 is 5.97 Å². The molecule has 0 unspecified atom stereocenters. The summed E-state index contributed by atoms with van der Waals surface area (Å²) in [6.45, 7) is 3.02. The van der Waals surface area contributed by atoms with Crippen LogP contribution in [0.4, 0.5) is 4.39 Å². The molecule has 0 radical (unpaired) electrons. The molecule has 0 bridgehead atoms. The van der Waals surface area contributed by atoms with Crippen LogP contribution < -0.4 is 0 Å². The number of carboxylic acids is 1. The standard InChI is InChI=1S/C26H27FN4O4/c1-14-10-18(2-3-19(14)27)31-20-11-17-13-28-30-24(17)29-22(20)21(23(31)15-5-8-35-9-6-15)16-4-7-26(34,12-16)25(32)33/h2-3,10-11,13,15-16,34H,4-9,12H2,1H3,(H,32,33)(H,28,29,30)/t16-,26+/m1/s1. The van der Waals surface area contributed by atoms with E-state index in [9.17, 15) is 19.4 Å². The number of halogens is 1. The molecule has 182 valence electrons. The van der Waals surface area contributed by atoms with E-state index in [0.717, 1.165) is 46.2 Å². The Morgan fingerprint density at radius 2 is 2.03 bits per heavy atom. The topological polar surface area (TPSA) is 113 Å². The van der Waals surface area contributed by atoms with Crippen molar-refractivity contribution in [1.29, 1.82) is 0 Å². The predicted molar refractivity (Wildman–Crippen MR) is 127 cm³/mol. The van der Waals surface area contributed by atoms with Crippen molar-refractivity contribution in [2.45, 2.75) is 56.5 Å². The molecule has 1 aromatic carbocycles. The van der Waals surface area contributed by atoms with Crippen LogP contribution in [0.3, 0.4) is 0 Å². The molecule has 6 rings (SSSR count). The molecule has 1 saturated carbocycles. The van der Waals surface area contributed by atoms with E-state index in [2.05, 4.69) is 14.8 Å². The number of hydrogen-bond donors (Lipinski definition) is 3. The second-order valence-electron chi connectivity index (χ2n) is 9.89. The Bertz CT molecular complexity index is 1450. The normalized spacial score (nSPS) is 23.5. The van der Waals surface area contributed by atoms with E-state index in [1.165, 1.54) is 6.07 Å². The number of aromatic amines is 1. The molecule has 3 aromatic heterocycles. The van der Waals surface area contributed by atoms with E-state index in [1.54, 1.807) is 19.2 Å². The first-order chi connectivity index (χ1) is 16.9. The smallest absolute Gasteiger partial charge is 0.335 e. The van der Waals surface area contributed by atoms with Gasteiger partial charge in [-0.3, -0.25) is 5.10 Å². The van der Waals surface area contributed by atoms with Crippen molar-refractivity contribution in [3.63, 3.8) is 0 Å². The highest BCUT2D eigenvalue weighted by atomic mass is 19.1. The number of carboxylic acid groups (broad SMARTS) is 1. The van der Waals surface area contributed by atoms with Crippen LogP contribution in [0, 0.1) is 12.7 Å². The lowest BCUT2D eigenvalue weighted by Crippen LogP contribution is -2.35. The molecule has 9 heteroatoms. The van der Waals surface area contributed by atoms with Crippen molar-refractivity contribution in [2.75, 3.05) is 13.2 Å². The fourth-order valence-corrected chi connectivity index (χ4v) is 5.90. The molecule has 35 heavy (non-hydrogen) atoms. The van der Waals surface area contributed by atoms with E-state index in [4.69, 9.17) is 9.72 Å². The third-order valence-corrected chi connectivity index (χ3v) is 7.72. The zero-order valence-corrected chi connectivity index (χ0v) is 19.4. The highest BCUT2D eigenvalue weighted by Crippen LogP contribution is 2.49. The number of carbonyl (C=O) groups is 1. The molecule has 4 heterocycles. The average molecular weight is 479 g/mol. The van der Waals surface area contributed by atoms with Crippen LogP contribution >= 0.6 is 0 Å². The van der Waals surface area contributed by atoms with E-state index in [0.29, 0.717) is 30.8 Å². The number of H-pyrrole nitrogens is 1. The first-order valence-electron chi connectivity index (χ1n) is 12.0. The predicted octanol–water partition coefficient (Wildman–Crippen LogP) is 4.33. The van der Waals surface area contributed by atoms with Gasteiger partial charge in [0, 0.05) is 41.5 Å². The monoisotopic (exact) mass is 478 g/mol. The Labute approximate surface area is 200 Å². The molecule has 2 aliphatic rings. The maximum Gasteiger partial charge on any atom is 0.335 e. The summed E-state index contributed by atoms with van der Waals surface area (Å²) in [6, 6.07) is 7.12. The van der Waals surface area contributed by atoms with Crippen LogP contribution in [-0.2, 0) is 9.53 Å². The summed E-state index contributed by atoms with van der Waals surface area (Å²) in [6.07, 6.45) is 4.22. The third kappa shape index (κ3) is 3.52. The molecule has 8 nitrogen and oxygen atoms in total. The summed E-state index contributed by atoms with van der Waals surface area (Å²) in [4.78, 5) is 16.8. The molecule has 4 aromatic rings. The zero-order valence-electron chi connectivity index (χ0n) is 19.4. The highest BCUT2D eigenvalue weighted by Gasteiger charge is 2.46. The molecule has 0 spiro atoms. The second kappa shape index (κ2) is 8.13. The van der Waals surface area contributed by atoms with Crippen molar-refractivity contribution in [3.05, 3.63) is 53.1 Å². The summed E-state index contributed by atoms with van der Waals surface area (Å²) >= 11 is 0. The summed E-state index contributed by atoms with van der Waals surface area (Å²) in [5, 5.41) is 28.4. The number of ether oxygens (including phenoxy) is 1. The maximum atomic E-state index is 14.2. The number of aliphatic hydroxyl groups is 1. The van der Waals surface area contributed by atoms with E-state index >= 15 is 0 Å². The van der Waals surface area contributed by atoms with Crippen molar-refractivity contribution in [3.8, 4) is 5.69 Å². The molecule has 0 amide bonds. The van der Waals surface area contributed by atoms with Gasteiger partial charge < -0.3 is 19.5 Å². The third-order valence-electron chi connectivity index (χ3n) is 7.72. The van der Waals surface area contributed by atoms with Gasteiger partial charge in [0.2, 0.25) is 0 Å². The number of rotatable bonds is 4. The number of fused-ring (bicyclic) bond motifs is 2. The van der Waals surface area contributed by atoms with E-state index in [-0.39, 0.29) is 30.5 Å². The highest BCUT2D eigenvalue weighted by molar-refractivity contribution is 5.94.